The molecule has 4 nitrogen and oxygen atoms in total. The quantitative estimate of drug-likeness (QED) is 0.653. The summed E-state index contributed by atoms with van der Waals surface area (Å²) in [5, 5.41) is 6.53. The number of amides is 1. The molecule has 0 radical (unpaired) electrons. The van der Waals surface area contributed by atoms with Crippen LogP contribution in [0.15, 0.2) is 0 Å². The molecule has 4 aliphatic carbocycles. The SMILES string of the molecule is C[NH+](C)CCNC(=S)NC(=O)CC12CC3CC(CC(C3)C1)C2. The number of likely N-dealkylation sites (N-methyl/N-ethyl adjacent to an activating group) is 1. The van der Waals surface area contributed by atoms with E-state index in [0.29, 0.717) is 16.9 Å². The molecular formula is C17H30N3OS+. The molecule has 0 saturated heterocycles. The predicted molar refractivity (Wildman–Crippen MR) is 91.6 cm³/mol. The van der Waals surface area contributed by atoms with Gasteiger partial charge in [-0.3, -0.25) is 4.79 Å². The summed E-state index contributed by atoms with van der Waals surface area (Å²) in [4.78, 5) is 13.8. The lowest BCUT2D eigenvalue weighted by Gasteiger charge is -2.56. The Morgan fingerprint density at radius 1 is 1.14 bits per heavy atom. The molecule has 0 spiro atoms. The molecule has 22 heavy (non-hydrogen) atoms. The molecule has 0 unspecified atom stereocenters. The van der Waals surface area contributed by atoms with Gasteiger partial charge in [-0.1, -0.05) is 0 Å². The van der Waals surface area contributed by atoms with Crippen LogP contribution in [0, 0.1) is 23.2 Å². The largest absolute Gasteiger partial charge is 0.357 e. The Balaban J connectivity index is 1.46. The minimum Gasteiger partial charge on any atom is -0.357 e. The molecular weight excluding hydrogens is 294 g/mol. The fraction of sp³-hybridized carbons (Fsp3) is 0.882. The standard InChI is InChI=1S/C17H29N3OS/c1-20(2)4-3-18-16(22)19-15(21)11-17-8-12-5-13(9-17)7-14(6-12)10-17/h12-14H,3-11H2,1-2H3,(H2,18,19,21,22)/p+1. The number of nitrogens with one attached hydrogen (secondary N) is 3. The van der Waals surface area contributed by atoms with E-state index in [-0.39, 0.29) is 5.91 Å². The van der Waals surface area contributed by atoms with E-state index < -0.39 is 0 Å². The molecule has 0 aromatic heterocycles. The summed E-state index contributed by atoms with van der Waals surface area (Å²) >= 11 is 5.24. The maximum absolute atomic E-state index is 12.4. The zero-order valence-electron chi connectivity index (χ0n) is 13.9. The second-order valence-corrected chi connectivity index (χ2v) is 8.76. The van der Waals surface area contributed by atoms with Crippen molar-refractivity contribution >= 4 is 23.2 Å². The van der Waals surface area contributed by atoms with Gasteiger partial charge in [-0.25, -0.2) is 0 Å². The van der Waals surface area contributed by atoms with Crippen molar-refractivity contribution in [1.29, 1.82) is 0 Å². The average molecular weight is 325 g/mol. The van der Waals surface area contributed by atoms with Gasteiger partial charge in [0.1, 0.15) is 0 Å². The summed E-state index contributed by atoms with van der Waals surface area (Å²) in [5.74, 6) is 2.81. The van der Waals surface area contributed by atoms with E-state index in [9.17, 15) is 4.79 Å². The first-order valence-corrected chi connectivity index (χ1v) is 9.22. The molecule has 0 atom stereocenters. The molecule has 4 bridgehead atoms. The Morgan fingerprint density at radius 2 is 1.68 bits per heavy atom. The third kappa shape index (κ3) is 3.80. The predicted octanol–water partition coefficient (Wildman–Crippen LogP) is 0.728. The molecule has 3 N–H and O–H groups in total. The van der Waals surface area contributed by atoms with Crippen molar-refractivity contribution < 1.29 is 9.69 Å². The fourth-order valence-corrected chi connectivity index (χ4v) is 5.70. The first-order chi connectivity index (χ1) is 10.4. The van der Waals surface area contributed by atoms with Crippen molar-refractivity contribution in [3.05, 3.63) is 0 Å². The van der Waals surface area contributed by atoms with Crippen molar-refractivity contribution in [3.8, 4) is 0 Å². The van der Waals surface area contributed by atoms with Crippen LogP contribution < -0.4 is 15.5 Å². The first kappa shape index (κ1) is 16.2. The maximum Gasteiger partial charge on any atom is 0.226 e. The lowest BCUT2D eigenvalue weighted by Crippen LogP contribution is -3.06. The van der Waals surface area contributed by atoms with E-state index >= 15 is 0 Å². The molecule has 1 amide bonds. The highest BCUT2D eigenvalue weighted by Gasteiger charge is 2.51. The molecule has 5 heteroatoms. The van der Waals surface area contributed by atoms with Crippen molar-refractivity contribution in [3.63, 3.8) is 0 Å². The Bertz CT molecular complexity index is 414. The van der Waals surface area contributed by atoms with Gasteiger partial charge in [-0.2, -0.15) is 0 Å². The zero-order valence-corrected chi connectivity index (χ0v) is 14.7. The number of hydrogen-bond donors (Lipinski definition) is 3. The lowest BCUT2D eigenvalue weighted by molar-refractivity contribution is -0.856. The third-order valence-corrected chi connectivity index (χ3v) is 6.11. The maximum atomic E-state index is 12.4. The Labute approximate surface area is 139 Å². The lowest BCUT2D eigenvalue weighted by atomic mass is 9.49. The Morgan fingerprint density at radius 3 is 2.18 bits per heavy atom. The van der Waals surface area contributed by atoms with Gasteiger partial charge < -0.3 is 15.5 Å². The number of carbonyl (C=O) groups excluding carboxylic acids is 1. The van der Waals surface area contributed by atoms with E-state index in [4.69, 9.17) is 12.2 Å². The van der Waals surface area contributed by atoms with Gasteiger partial charge in [-0.05, 0) is 73.9 Å². The summed E-state index contributed by atoms with van der Waals surface area (Å²) in [5.41, 5.74) is 0.294. The van der Waals surface area contributed by atoms with Gasteiger partial charge in [-0.15, -0.1) is 0 Å². The van der Waals surface area contributed by atoms with Crippen molar-refractivity contribution in [2.75, 3.05) is 27.2 Å². The van der Waals surface area contributed by atoms with Crippen LogP contribution in [0.5, 0.6) is 0 Å². The molecule has 4 rings (SSSR count). The smallest absolute Gasteiger partial charge is 0.226 e. The first-order valence-electron chi connectivity index (χ1n) is 8.81. The van der Waals surface area contributed by atoms with Gasteiger partial charge in [0.15, 0.2) is 5.11 Å². The zero-order chi connectivity index (χ0) is 15.7. The Hall–Kier alpha value is -0.680. The topological polar surface area (TPSA) is 45.6 Å². The van der Waals surface area contributed by atoms with Crippen LogP contribution in [0.1, 0.15) is 44.9 Å². The van der Waals surface area contributed by atoms with Crippen molar-refractivity contribution in [2.24, 2.45) is 23.2 Å². The van der Waals surface area contributed by atoms with Crippen LogP contribution in [0.25, 0.3) is 0 Å². The molecule has 0 heterocycles. The highest BCUT2D eigenvalue weighted by atomic mass is 32.1. The van der Waals surface area contributed by atoms with Crippen LogP contribution in [-0.4, -0.2) is 38.2 Å². The van der Waals surface area contributed by atoms with E-state index in [1.807, 2.05) is 0 Å². The molecule has 124 valence electrons. The van der Waals surface area contributed by atoms with E-state index in [1.54, 1.807) is 0 Å². The number of thiocarbonyl (C=S) groups is 1. The summed E-state index contributed by atoms with van der Waals surface area (Å²) in [6, 6.07) is 0. The van der Waals surface area contributed by atoms with E-state index in [0.717, 1.165) is 30.8 Å². The van der Waals surface area contributed by atoms with E-state index in [2.05, 4.69) is 24.7 Å². The Kier molecular flexibility index (Phi) is 4.74. The fourth-order valence-electron chi connectivity index (χ4n) is 5.49. The average Bonchev–Trinajstić information content (AvgIpc) is 2.34. The van der Waals surface area contributed by atoms with E-state index in [1.165, 1.54) is 43.4 Å². The van der Waals surface area contributed by atoms with Crippen molar-refractivity contribution in [2.45, 2.75) is 44.9 Å². The van der Waals surface area contributed by atoms with Gasteiger partial charge in [0.25, 0.3) is 0 Å². The van der Waals surface area contributed by atoms with Gasteiger partial charge in [0.2, 0.25) is 5.91 Å². The van der Waals surface area contributed by atoms with Crippen LogP contribution in [0.4, 0.5) is 0 Å². The molecule has 0 aromatic carbocycles. The normalized spacial score (nSPS) is 35.7. The summed E-state index contributed by atoms with van der Waals surface area (Å²) in [6.07, 6.45) is 8.77. The van der Waals surface area contributed by atoms with Crippen molar-refractivity contribution in [1.82, 2.24) is 10.6 Å². The van der Waals surface area contributed by atoms with Crippen LogP contribution in [0.2, 0.25) is 0 Å². The van der Waals surface area contributed by atoms with Gasteiger partial charge in [0.05, 0.1) is 27.2 Å². The molecule has 4 fully saturated rings. The van der Waals surface area contributed by atoms with Crippen LogP contribution in [0.3, 0.4) is 0 Å². The molecule has 4 saturated carbocycles. The van der Waals surface area contributed by atoms with Gasteiger partial charge >= 0.3 is 0 Å². The van der Waals surface area contributed by atoms with Crippen LogP contribution >= 0.6 is 12.2 Å². The summed E-state index contributed by atoms with van der Waals surface area (Å²) in [7, 11) is 4.21. The minimum absolute atomic E-state index is 0.122. The molecule has 0 aliphatic heterocycles. The highest BCUT2D eigenvalue weighted by molar-refractivity contribution is 7.80. The number of quaternary nitrogens is 1. The summed E-state index contributed by atoms with van der Waals surface area (Å²) < 4.78 is 0. The minimum atomic E-state index is 0.122. The number of hydrogen-bond acceptors (Lipinski definition) is 2. The molecule has 4 aliphatic rings. The number of carbonyl (C=O) groups is 1. The number of rotatable bonds is 5. The third-order valence-electron chi connectivity index (χ3n) is 5.86. The highest BCUT2D eigenvalue weighted by Crippen LogP contribution is 2.61. The molecule has 0 aromatic rings. The summed E-state index contributed by atoms with van der Waals surface area (Å²) in [6.45, 7) is 1.80. The second kappa shape index (κ2) is 6.44. The second-order valence-electron chi connectivity index (χ2n) is 8.36. The van der Waals surface area contributed by atoms with Crippen LogP contribution in [-0.2, 0) is 4.79 Å². The van der Waals surface area contributed by atoms with Gasteiger partial charge in [0, 0.05) is 6.42 Å². The monoisotopic (exact) mass is 324 g/mol.